The Morgan fingerprint density at radius 3 is 2.12 bits per heavy atom. The van der Waals surface area contributed by atoms with Gasteiger partial charge < -0.3 is 24.1 Å². The maximum Gasteiger partial charge on any atom is 1.00 e. The fourth-order valence-corrected chi connectivity index (χ4v) is 5.36. The molecular weight excluding hydrogens is 390 g/mol. The third-order valence-electron chi connectivity index (χ3n) is 3.15. The molecule has 0 aliphatic carbocycles. The van der Waals surface area contributed by atoms with Crippen molar-refractivity contribution in [1.82, 2.24) is 5.32 Å². The van der Waals surface area contributed by atoms with Gasteiger partial charge in [-0.2, -0.15) is 0 Å². The van der Waals surface area contributed by atoms with E-state index in [4.69, 9.17) is 9.79 Å². The first kappa shape index (κ1) is 27.9. The second-order valence-electron chi connectivity index (χ2n) is 6.16. The van der Waals surface area contributed by atoms with E-state index >= 15 is 0 Å². The summed E-state index contributed by atoms with van der Waals surface area (Å²) >= 11 is 0. The normalized spacial score (nSPS) is 13.6. The van der Waals surface area contributed by atoms with Crippen molar-refractivity contribution in [2.75, 3.05) is 6.54 Å². The zero-order valence-electron chi connectivity index (χ0n) is 14.7. The molecule has 24 heavy (non-hydrogen) atoms. The Labute approximate surface area is 187 Å². The maximum absolute atomic E-state index is 11.1. The van der Waals surface area contributed by atoms with Gasteiger partial charge in [-0.1, -0.05) is 49.1 Å². The van der Waals surface area contributed by atoms with Gasteiger partial charge in [0.05, 0.1) is 8.07 Å². The van der Waals surface area contributed by atoms with E-state index in [0.717, 1.165) is 5.56 Å². The minimum absolute atomic E-state index is 0. The topological polar surface area (TPSA) is 133 Å². The third-order valence-corrected chi connectivity index (χ3v) is 8.55. The van der Waals surface area contributed by atoms with Crippen molar-refractivity contribution in [3.8, 4) is 0 Å². The molecule has 0 amide bonds. The van der Waals surface area contributed by atoms with Crippen molar-refractivity contribution < 1.29 is 87.8 Å². The SMILES string of the molecule is C[Si](C)(C)c1cccc(CCNC(P(=O)([O-])[O-])P(=O)(O)O)c1.[Na+].[Na+]. The summed E-state index contributed by atoms with van der Waals surface area (Å²) < 4.78 is 22.0. The number of benzene rings is 1. The molecule has 0 heterocycles. The van der Waals surface area contributed by atoms with Crippen LogP contribution in [0, 0.1) is 0 Å². The van der Waals surface area contributed by atoms with Gasteiger partial charge in [-0.25, -0.2) is 0 Å². The van der Waals surface area contributed by atoms with Crippen LogP contribution < -0.4 is 79.4 Å². The van der Waals surface area contributed by atoms with Gasteiger partial charge in [0, 0.05) is 6.54 Å². The van der Waals surface area contributed by atoms with E-state index in [9.17, 15) is 18.9 Å². The fraction of sp³-hybridized carbons (Fsp3) is 0.500. The second-order valence-corrected chi connectivity index (χ2v) is 14.9. The average Bonchev–Trinajstić information content (AvgIpc) is 2.31. The Balaban J connectivity index is 0. The predicted octanol–water partition coefficient (Wildman–Crippen LogP) is -6.25. The van der Waals surface area contributed by atoms with Gasteiger partial charge in [0.25, 0.3) is 0 Å². The smallest absolute Gasteiger partial charge is 0.809 e. The van der Waals surface area contributed by atoms with Crippen LogP contribution >= 0.6 is 15.2 Å². The van der Waals surface area contributed by atoms with Crippen LogP contribution in [0.2, 0.25) is 19.6 Å². The number of rotatable bonds is 7. The van der Waals surface area contributed by atoms with E-state index in [0.29, 0.717) is 6.42 Å². The third kappa shape index (κ3) is 9.58. The van der Waals surface area contributed by atoms with Crippen LogP contribution in [0.3, 0.4) is 0 Å². The van der Waals surface area contributed by atoms with Gasteiger partial charge in [-0.15, -0.1) is 0 Å². The summed E-state index contributed by atoms with van der Waals surface area (Å²) in [4.78, 5) is 39.7. The van der Waals surface area contributed by atoms with E-state index in [1.54, 1.807) is 0 Å². The van der Waals surface area contributed by atoms with Crippen LogP contribution in [0.25, 0.3) is 0 Å². The molecular formula is C12H21NNa2O6P2Si. The Kier molecular flexibility index (Phi) is 12.7. The molecule has 3 N–H and O–H groups in total. The number of hydrogen-bond donors (Lipinski definition) is 3. The van der Waals surface area contributed by atoms with Gasteiger partial charge >= 0.3 is 66.7 Å². The molecule has 126 valence electrons. The Morgan fingerprint density at radius 2 is 1.71 bits per heavy atom. The van der Waals surface area contributed by atoms with Crippen LogP contribution in [-0.4, -0.2) is 29.9 Å². The Morgan fingerprint density at radius 1 is 1.17 bits per heavy atom. The predicted molar refractivity (Wildman–Crippen MR) is 84.6 cm³/mol. The van der Waals surface area contributed by atoms with Crippen LogP contribution in [0.4, 0.5) is 0 Å². The quantitative estimate of drug-likeness (QED) is 0.300. The minimum atomic E-state index is -5.42. The molecule has 0 spiro atoms. The number of nitrogens with one attached hydrogen (secondary N) is 1. The van der Waals surface area contributed by atoms with E-state index in [-0.39, 0.29) is 65.7 Å². The fourth-order valence-electron chi connectivity index (χ4n) is 1.95. The van der Waals surface area contributed by atoms with Gasteiger partial charge in [0.2, 0.25) is 0 Å². The molecule has 1 aromatic carbocycles. The summed E-state index contributed by atoms with van der Waals surface area (Å²) in [6, 6.07) is 7.79. The molecule has 7 nitrogen and oxygen atoms in total. The summed E-state index contributed by atoms with van der Waals surface area (Å²) in [5.41, 5.74) is -1.45. The molecule has 0 aliphatic rings. The Hall–Kier alpha value is 1.70. The van der Waals surface area contributed by atoms with Crippen LogP contribution in [0.1, 0.15) is 5.56 Å². The molecule has 0 aliphatic heterocycles. The molecule has 0 saturated heterocycles. The van der Waals surface area contributed by atoms with Crippen LogP contribution in [0.5, 0.6) is 0 Å². The second kappa shape index (κ2) is 10.9. The summed E-state index contributed by atoms with van der Waals surface area (Å²) in [6.45, 7) is 6.57. The first-order valence-electron chi connectivity index (χ1n) is 6.71. The molecule has 1 aromatic rings. The maximum atomic E-state index is 11.1. The van der Waals surface area contributed by atoms with Crippen molar-refractivity contribution in [2.24, 2.45) is 0 Å². The van der Waals surface area contributed by atoms with E-state index in [1.807, 2.05) is 24.3 Å². The standard InChI is InChI=1S/C12H23NO6P2Si.2Na/c1-22(2,3)11-6-4-5-10(9-11)7-8-13-12(20(14,15)16)21(17,18)19;;/h4-6,9,12-13H,7-8H2,1-3H3,(H2,14,15,16)(H2,17,18,19);;/q;2*+1/p-2. The van der Waals surface area contributed by atoms with Gasteiger partial charge in [-0.05, 0) is 19.6 Å². The molecule has 0 radical (unpaired) electrons. The Bertz CT molecular complexity index is 594. The molecule has 1 atom stereocenters. The molecule has 0 aromatic heterocycles. The monoisotopic (exact) mass is 411 g/mol. The van der Waals surface area contributed by atoms with Gasteiger partial charge in [-0.3, -0.25) is 9.88 Å². The molecule has 1 rings (SSSR count). The van der Waals surface area contributed by atoms with Gasteiger partial charge in [0.1, 0.15) is 5.52 Å². The molecule has 0 saturated carbocycles. The zero-order valence-corrected chi connectivity index (χ0v) is 21.5. The minimum Gasteiger partial charge on any atom is -0.809 e. The summed E-state index contributed by atoms with van der Waals surface area (Å²) in [6.07, 6.45) is 0.370. The zero-order chi connectivity index (χ0) is 17.2. The molecule has 0 fully saturated rings. The average molecular weight is 411 g/mol. The first-order chi connectivity index (χ1) is 9.82. The number of hydrogen-bond acceptors (Lipinski definition) is 5. The van der Waals surface area contributed by atoms with E-state index in [2.05, 4.69) is 25.0 Å². The van der Waals surface area contributed by atoms with Crippen LogP contribution in [-0.2, 0) is 15.6 Å². The largest absolute Gasteiger partial charge is 1.00 e. The van der Waals surface area contributed by atoms with Crippen molar-refractivity contribution in [1.29, 1.82) is 0 Å². The summed E-state index contributed by atoms with van der Waals surface area (Å²) in [5, 5.41) is 3.40. The van der Waals surface area contributed by atoms with E-state index < -0.39 is 28.8 Å². The molecule has 12 heteroatoms. The van der Waals surface area contributed by atoms with Crippen LogP contribution in [0.15, 0.2) is 24.3 Å². The van der Waals surface area contributed by atoms with E-state index in [1.165, 1.54) is 5.19 Å². The van der Waals surface area contributed by atoms with Crippen molar-refractivity contribution >= 4 is 28.5 Å². The van der Waals surface area contributed by atoms with Crippen molar-refractivity contribution in [3.05, 3.63) is 29.8 Å². The summed E-state index contributed by atoms with van der Waals surface area (Å²) in [7, 11) is -11.9. The summed E-state index contributed by atoms with van der Waals surface area (Å²) in [5.74, 6) is 0. The molecule has 1 unspecified atom stereocenters. The van der Waals surface area contributed by atoms with Crippen molar-refractivity contribution in [3.63, 3.8) is 0 Å². The first-order valence-corrected chi connectivity index (χ1v) is 13.5. The van der Waals surface area contributed by atoms with Crippen molar-refractivity contribution in [2.45, 2.75) is 31.6 Å². The van der Waals surface area contributed by atoms with Gasteiger partial charge in [0.15, 0.2) is 0 Å². The molecule has 0 bridgehead atoms.